The molecule has 3 aromatic heterocycles. The summed E-state index contributed by atoms with van der Waals surface area (Å²) in [6.45, 7) is -5.80. The number of ether oxygens (including phenoxy) is 2. The molecule has 40 heavy (non-hydrogen) atoms. The van der Waals surface area contributed by atoms with Crippen LogP contribution in [0.1, 0.15) is 38.7 Å². The molecular weight excluding hydrogens is 528 g/mol. The predicted octanol–water partition coefficient (Wildman–Crippen LogP) is 5.86. The summed E-state index contributed by atoms with van der Waals surface area (Å²) in [7, 11) is 0. The first-order valence-electron chi connectivity index (χ1n) is 17.1. The third-order valence-corrected chi connectivity index (χ3v) is 7.42. The van der Waals surface area contributed by atoms with Crippen LogP contribution in [0.4, 0.5) is 16.3 Å². The summed E-state index contributed by atoms with van der Waals surface area (Å²) in [4.78, 5) is 20.6. The van der Waals surface area contributed by atoms with E-state index in [2.05, 4.69) is 20.7 Å². The quantitative estimate of drug-likeness (QED) is 0.253. The standard InChI is InChI=1S/C29H32N6O4S/c1-29(2,3)25-17-26(33-39-25)32-27(36)30-20-6-4-19(5-7-20)22-18-35-23-9-8-21(16-24(23)40-28(35)31-22)38-15-12-34-10-13-37-14-11-34/h4-9,16-18H,10-15H2,1-3H3,(H2,30,32,33,36)/i1D3,2D3,3D3. The van der Waals surface area contributed by atoms with E-state index >= 15 is 0 Å². The largest absolute Gasteiger partial charge is 0.492 e. The Labute approximate surface area is 248 Å². The van der Waals surface area contributed by atoms with Crippen LogP contribution >= 0.6 is 11.3 Å². The summed E-state index contributed by atoms with van der Waals surface area (Å²) in [6, 6.07) is 12.8. The van der Waals surface area contributed by atoms with Crippen molar-refractivity contribution in [3.8, 4) is 17.0 Å². The van der Waals surface area contributed by atoms with Crippen molar-refractivity contribution in [2.45, 2.75) is 26.0 Å². The predicted molar refractivity (Wildman–Crippen MR) is 157 cm³/mol. The van der Waals surface area contributed by atoms with Crippen molar-refractivity contribution in [3.63, 3.8) is 0 Å². The van der Waals surface area contributed by atoms with E-state index in [4.69, 9.17) is 31.3 Å². The summed E-state index contributed by atoms with van der Waals surface area (Å²) in [6.07, 6.45) is 1.93. The van der Waals surface area contributed by atoms with E-state index in [0.29, 0.717) is 12.3 Å². The molecule has 10 nitrogen and oxygen atoms in total. The number of nitrogens with zero attached hydrogens (tertiary/aromatic N) is 4. The fraction of sp³-hybridized carbons (Fsp3) is 0.345. The van der Waals surface area contributed by atoms with Crippen molar-refractivity contribution < 1.29 is 31.1 Å². The van der Waals surface area contributed by atoms with Gasteiger partial charge in [-0.1, -0.05) is 49.2 Å². The Bertz CT molecular complexity index is 1910. The van der Waals surface area contributed by atoms with Gasteiger partial charge in [0.1, 0.15) is 18.1 Å². The van der Waals surface area contributed by atoms with Crippen LogP contribution in [0.25, 0.3) is 26.4 Å². The molecule has 0 atom stereocenters. The number of morpholine rings is 1. The van der Waals surface area contributed by atoms with E-state index in [1.807, 2.05) is 28.8 Å². The number of carbonyl (C=O) groups excluding carboxylic acids is 1. The van der Waals surface area contributed by atoms with Gasteiger partial charge in [-0.25, -0.2) is 9.78 Å². The molecule has 0 aliphatic carbocycles. The number of benzene rings is 2. The van der Waals surface area contributed by atoms with Gasteiger partial charge in [0.05, 0.1) is 29.1 Å². The molecule has 4 heterocycles. The molecule has 0 spiro atoms. The van der Waals surface area contributed by atoms with Crippen molar-refractivity contribution in [1.82, 2.24) is 19.4 Å². The molecule has 0 saturated carbocycles. The number of anilines is 2. The number of hydrogen-bond donors (Lipinski definition) is 2. The van der Waals surface area contributed by atoms with Crippen LogP contribution in [-0.4, -0.2) is 64.9 Å². The number of imidazole rings is 1. The highest BCUT2D eigenvalue weighted by atomic mass is 32.1. The molecule has 2 amide bonds. The fourth-order valence-corrected chi connectivity index (χ4v) is 5.38. The third kappa shape index (κ3) is 5.81. The van der Waals surface area contributed by atoms with Gasteiger partial charge in [0.15, 0.2) is 10.8 Å². The minimum Gasteiger partial charge on any atom is -0.492 e. The van der Waals surface area contributed by atoms with Gasteiger partial charge in [-0.15, -0.1) is 0 Å². The Balaban J connectivity index is 1.10. The summed E-state index contributed by atoms with van der Waals surface area (Å²) in [5, 5.41) is 8.40. The van der Waals surface area contributed by atoms with Crippen molar-refractivity contribution >= 4 is 44.1 Å². The maximum atomic E-state index is 12.7. The van der Waals surface area contributed by atoms with Crippen LogP contribution in [0, 0.1) is 0 Å². The molecule has 1 aliphatic rings. The topological polar surface area (TPSA) is 106 Å². The van der Waals surface area contributed by atoms with Crippen LogP contribution in [0.5, 0.6) is 5.75 Å². The molecule has 0 unspecified atom stereocenters. The molecule has 2 aromatic carbocycles. The number of hydrogen-bond acceptors (Lipinski definition) is 8. The zero-order valence-corrected chi connectivity index (χ0v) is 22.1. The molecule has 208 valence electrons. The van der Waals surface area contributed by atoms with E-state index < -0.39 is 37.8 Å². The van der Waals surface area contributed by atoms with Gasteiger partial charge in [-0.2, -0.15) is 0 Å². The molecule has 1 fully saturated rings. The van der Waals surface area contributed by atoms with Gasteiger partial charge >= 0.3 is 6.03 Å². The van der Waals surface area contributed by atoms with E-state index in [1.54, 1.807) is 35.6 Å². The lowest BCUT2D eigenvalue weighted by Crippen LogP contribution is -2.38. The lowest BCUT2D eigenvalue weighted by molar-refractivity contribution is 0.0322. The number of carbonyl (C=O) groups is 1. The number of aromatic nitrogens is 3. The minimum absolute atomic E-state index is 0.372. The smallest absolute Gasteiger partial charge is 0.324 e. The number of amides is 2. The van der Waals surface area contributed by atoms with Crippen molar-refractivity contribution in [2.75, 3.05) is 50.1 Å². The Morgan fingerprint density at radius 1 is 1.12 bits per heavy atom. The first kappa shape index (κ1) is 17.7. The Kier molecular flexibility index (Phi) is 4.83. The van der Waals surface area contributed by atoms with E-state index in [9.17, 15) is 4.79 Å². The number of nitrogens with one attached hydrogen (secondary N) is 2. The van der Waals surface area contributed by atoms with Crippen molar-refractivity contribution in [2.24, 2.45) is 0 Å². The maximum Gasteiger partial charge on any atom is 0.324 e. The van der Waals surface area contributed by atoms with Crippen LogP contribution in [0.2, 0.25) is 0 Å². The molecule has 1 aliphatic heterocycles. The highest BCUT2D eigenvalue weighted by molar-refractivity contribution is 7.23. The minimum atomic E-state index is -3.52. The summed E-state index contributed by atoms with van der Waals surface area (Å²) in [5.74, 6) is -0.493. The lowest BCUT2D eigenvalue weighted by Gasteiger charge is -2.26. The third-order valence-electron chi connectivity index (χ3n) is 6.41. The molecule has 0 bridgehead atoms. The van der Waals surface area contributed by atoms with Gasteiger partial charge < -0.3 is 19.3 Å². The van der Waals surface area contributed by atoms with Gasteiger partial charge in [0, 0.05) is 60.9 Å². The van der Waals surface area contributed by atoms with E-state index in [1.165, 1.54) is 0 Å². The van der Waals surface area contributed by atoms with Gasteiger partial charge in [0.25, 0.3) is 0 Å². The van der Waals surface area contributed by atoms with E-state index in [-0.39, 0.29) is 5.82 Å². The molecular formula is C29H32N6O4S. The second-order valence-corrected chi connectivity index (χ2v) is 10.3. The molecule has 0 radical (unpaired) electrons. The zero-order valence-electron chi connectivity index (χ0n) is 30.3. The summed E-state index contributed by atoms with van der Waals surface area (Å²) in [5.41, 5.74) is -0.458. The monoisotopic (exact) mass is 569 g/mol. The van der Waals surface area contributed by atoms with Crippen LogP contribution in [-0.2, 0) is 10.2 Å². The number of rotatable bonds is 7. The van der Waals surface area contributed by atoms with Crippen LogP contribution in [0.15, 0.2) is 59.3 Å². The van der Waals surface area contributed by atoms with Gasteiger partial charge in [-0.05, 0) is 30.3 Å². The second kappa shape index (κ2) is 10.9. The number of fused-ring (bicyclic) bond motifs is 3. The SMILES string of the molecule is [2H]C([2H])([2H])C(c1cc(NC(=O)Nc2ccc(-c3cn4c(n3)sc3cc(OCCN5CCOCC5)ccc34)cc2)no1)(C([2H])([2H])[2H])C([2H])([2H])[2H]. The highest BCUT2D eigenvalue weighted by Gasteiger charge is 2.20. The normalized spacial score (nSPS) is 18.9. The molecule has 11 heteroatoms. The van der Waals surface area contributed by atoms with Gasteiger partial charge in [-0.3, -0.25) is 14.6 Å². The van der Waals surface area contributed by atoms with Crippen LogP contribution in [0.3, 0.4) is 0 Å². The van der Waals surface area contributed by atoms with Crippen molar-refractivity contribution in [3.05, 3.63) is 60.5 Å². The lowest BCUT2D eigenvalue weighted by atomic mass is 9.93. The average Bonchev–Trinajstić information content (AvgIpc) is 3.71. The molecule has 2 N–H and O–H groups in total. The average molecular weight is 570 g/mol. The number of thiazole rings is 1. The maximum absolute atomic E-state index is 12.7. The zero-order chi connectivity index (χ0) is 35.2. The van der Waals surface area contributed by atoms with E-state index in [0.717, 1.165) is 71.1 Å². The van der Waals surface area contributed by atoms with Crippen LogP contribution < -0.4 is 15.4 Å². The second-order valence-electron chi connectivity index (χ2n) is 9.30. The summed E-state index contributed by atoms with van der Waals surface area (Å²) < 4.78 is 89.5. The fourth-order valence-electron chi connectivity index (χ4n) is 4.34. The molecule has 6 rings (SSSR count). The first-order valence-corrected chi connectivity index (χ1v) is 13.4. The Morgan fingerprint density at radius 3 is 2.75 bits per heavy atom. The van der Waals surface area contributed by atoms with Crippen molar-refractivity contribution in [1.29, 1.82) is 0 Å². The molecule has 5 aromatic rings. The number of urea groups is 1. The van der Waals surface area contributed by atoms with Gasteiger partial charge in [0.2, 0.25) is 0 Å². The first-order chi connectivity index (χ1) is 23.1. The molecule has 1 saturated heterocycles. The Hall–Kier alpha value is -3.93. The Morgan fingerprint density at radius 2 is 1.95 bits per heavy atom. The highest BCUT2D eigenvalue weighted by Crippen LogP contribution is 2.32. The summed E-state index contributed by atoms with van der Waals surface area (Å²) >= 11 is 1.54.